The molecule has 3 rings (SSSR count). The van der Waals surface area contributed by atoms with Crippen LogP contribution >= 0.6 is 11.3 Å². The van der Waals surface area contributed by atoms with Gasteiger partial charge in [-0.2, -0.15) is 11.3 Å². The minimum atomic E-state index is -3.18. The second kappa shape index (κ2) is 6.50. The quantitative estimate of drug-likeness (QED) is 0.912. The van der Waals surface area contributed by atoms with Gasteiger partial charge >= 0.3 is 0 Å². The number of nitrogens with zero attached hydrogens (tertiary/aromatic N) is 1. The Kier molecular flexibility index (Phi) is 4.63. The van der Waals surface area contributed by atoms with E-state index in [4.69, 9.17) is 0 Å². The number of sulfonamides is 1. The molecule has 0 bridgehead atoms. The first-order chi connectivity index (χ1) is 10.5. The highest BCUT2D eigenvalue weighted by Crippen LogP contribution is 2.28. The molecule has 6 heteroatoms. The van der Waals surface area contributed by atoms with Gasteiger partial charge in [0.2, 0.25) is 10.0 Å². The predicted octanol–water partition coefficient (Wildman–Crippen LogP) is 2.40. The third-order valence-corrected chi connectivity index (χ3v) is 5.46. The summed E-state index contributed by atoms with van der Waals surface area (Å²) in [6.45, 7) is 2.23. The Bertz CT molecular complexity index is 726. The molecule has 2 heterocycles. The van der Waals surface area contributed by atoms with Crippen molar-refractivity contribution in [1.82, 2.24) is 9.62 Å². The van der Waals surface area contributed by atoms with E-state index in [9.17, 15) is 8.42 Å². The monoisotopic (exact) mass is 336 g/mol. The lowest BCUT2D eigenvalue weighted by molar-refractivity contribution is 0.181. The topological polar surface area (TPSA) is 49.4 Å². The highest BCUT2D eigenvalue weighted by molar-refractivity contribution is 7.88. The standard InChI is InChI=1S/C16H20N2O2S2/c1-22(19,20)17-10-16(15-7-9-21-12-15)18-8-6-13-4-2-3-5-14(13)11-18/h2-5,7,9,12,16-17H,6,8,10-11H2,1H3/t16-/m1/s1. The molecule has 1 aromatic carbocycles. The normalized spacial score (nSPS) is 17.1. The lowest BCUT2D eigenvalue weighted by Gasteiger charge is -2.35. The number of fused-ring (bicyclic) bond motifs is 1. The number of rotatable bonds is 5. The van der Waals surface area contributed by atoms with Crippen LogP contribution in [0.15, 0.2) is 41.1 Å². The van der Waals surface area contributed by atoms with Gasteiger partial charge in [0.15, 0.2) is 0 Å². The fraction of sp³-hybridized carbons (Fsp3) is 0.375. The average Bonchev–Trinajstić information content (AvgIpc) is 3.00. The number of benzene rings is 1. The first kappa shape index (κ1) is 15.7. The van der Waals surface area contributed by atoms with Crippen LogP contribution in [0.25, 0.3) is 0 Å². The number of thiophene rings is 1. The number of hydrogen-bond acceptors (Lipinski definition) is 4. The molecular formula is C16H20N2O2S2. The first-order valence-corrected chi connectivity index (χ1v) is 10.1. The summed E-state index contributed by atoms with van der Waals surface area (Å²) >= 11 is 1.65. The molecule has 4 nitrogen and oxygen atoms in total. The Morgan fingerprint density at radius 2 is 2.05 bits per heavy atom. The summed E-state index contributed by atoms with van der Waals surface area (Å²) in [4.78, 5) is 2.36. The van der Waals surface area contributed by atoms with Crippen LogP contribution in [-0.4, -0.2) is 32.7 Å². The Morgan fingerprint density at radius 3 is 2.73 bits per heavy atom. The van der Waals surface area contributed by atoms with Crippen molar-refractivity contribution in [2.24, 2.45) is 0 Å². The molecular weight excluding hydrogens is 316 g/mol. The summed E-state index contributed by atoms with van der Waals surface area (Å²) in [5.74, 6) is 0. The molecule has 1 atom stereocenters. The van der Waals surface area contributed by atoms with E-state index in [1.165, 1.54) is 22.9 Å². The van der Waals surface area contributed by atoms with E-state index in [2.05, 4.69) is 45.3 Å². The molecule has 0 amide bonds. The molecule has 0 saturated heterocycles. The van der Waals surface area contributed by atoms with E-state index in [1.54, 1.807) is 11.3 Å². The van der Waals surface area contributed by atoms with E-state index >= 15 is 0 Å². The van der Waals surface area contributed by atoms with Gasteiger partial charge in [-0.1, -0.05) is 24.3 Å². The van der Waals surface area contributed by atoms with Gasteiger partial charge < -0.3 is 0 Å². The van der Waals surface area contributed by atoms with Gasteiger partial charge in [0, 0.05) is 25.7 Å². The van der Waals surface area contributed by atoms with Crippen molar-refractivity contribution in [3.8, 4) is 0 Å². The Labute approximate surface area is 135 Å². The first-order valence-electron chi connectivity index (χ1n) is 7.30. The molecule has 118 valence electrons. The van der Waals surface area contributed by atoms with E-state index < -0.39 is 10.0 Å². The van der Waals surface area contributed by atoms with Crippen LogP contribution in [0.4, 0.5) is 0 Å². The maximum atomic E-state index is 11.5. The van der Waals surface area contributed by atoms with Gasteiger partial charge in [-0.05, 0) is 39.9 Å². The van der Waals surface area contributed by atoms with Crippen molar-refractivity contribution in [3.63, 3.8) is 0 Å². The second-order valence-electron chi connectivity index (χ2n) is 5.68. The van der Waals surface area contributed by atoms with Crippen molar-refractivity contribution < 1.29 is 8.42 Å². The Balaban J connectivity index is 1.81. The molecule has 2 aromatic rings. The van der Waals surface area contributed by atoms with Crippen LogP contribution in [0.2, 0.25) is 0 Å². The van der Waals surface area contributed by atoms with Crippen LogP contribution in [0.3, 0.4) is 0 Å². The molecule has 0 fully saturated rings. The summed E-state index contributed by atoms with van der Waals surface area (Å²) in [6.07, 6.45) is 2.22. The molecule has 1 aromatic heterocycles. The molecule has 1 N–H and O–H groups in total. The van der Waals surface area contributed by atoms with Crippen LogP contribution in [-0.2, 0) is 23.0 Å². The van der Waals surface area contributed by atoms with Crippen molar-refractivity contribution in [1.29, 1.82) is 0 Å². The van der Waals surface area contributed by atoms with Crippen molar-refractivity contribution in [3.05, 3.63) is 57.8 Å². The Morgan fingerprint density at radius 1 is 1.27 bits per heavy atom. The third-order valence-electron chi connectivity index (χ3n) is 4.07. The summed E-state index contributed by atoms with van der Waals surface area (Å²) in [7, 11) is -3.18. The Hall–Kier alpha value is -1.21. The summed E-state index contributed by atoms with van der Waals surface area (Å²) < 4.78 is 25.6. The maximum Gasteiger partial charge on any atom is 0.208 e. The van der Waals surface area contributed by atoms with Gasteiger partial charge in [-0.3, -0.25) is 4.90 Å². The van der Waals surface area contributed by atoms with E-state index in [1.807, 2.05) is 5.38 Å². The fourth-order valence-corrected chi connectivity index (χ4v) is 4.10. The smallest absolute Gasteiger partial charge is 0.208 e. The SMILES string of the molecule is CS(=O)(=O)NC[C@H](c1ccsc1)N1CCc2ccccc2C1. The molecule has 0 unspecified atom stereocenters. The van der Waals surface area contributed by atoms with Gasteiger partial charge in [0.05, 0.1) is 6.26 Å². The summed E-state index contributed by atoms with van der Waals surface area (Å²) in [5, 5.41) is 4.15. The number of hydrogen-bond donors (Lipinski definition) is 1. The van der Waals surface area contributed by atoms with Crippen LogP contribution in [0.5, 0.6) is 0 Å². The van der Waals surface area contributed by atoms with Crippen LogP contribution in [0.1, 0.15) is 22.7 Å². The highest BCUT2D eigenvalue weighted by Gasteiger charge is 2.25. The zero-order valence-corrected chi connectivity index (χ0v) is 14.2. The fourth-order valence-electron chi connectivity index (χ4n) is 2.94. The minimum absolute atomic E-state index is 0.0781. The lowest BCUT2D eigenvalue weighted by Crippen LogP contribution is -2.40. The van der Waals surface area contributed by atoms with Crippen molar-refractivity contribution in [2.75, 3.05) is 19.3 Å². The molecule has 22 heavy (non-hydrogen) atoms. The molecule has 0 spiro atoms. The molecule has 0 saturated carbocycles. The third kappa shape index (κ3) is 3.76. The van der Waals surface area contributed by atoms with E-state index in [-0.39, 0.29) is 6.04 Å². The van der Waals surface area contributed by atoms with Crippen LogP contribution in [0, 0.1) is 0 Å². The maximum absolute atomic E-state index is 11.5. The molecule has 1 aliphatic rings. The zero-order valence-electron chi connectivity index (χ0n) is 12.5. The average molecular weight is 336 g/mol. The van der Waals surface area contributed by atoms with Gasteiger partial charge in [0.1, 0.15) is 0 Å². The van der Waals surface area contributed by atoms with Crippen LogP contribution < -0.4 is 4.72 Å². The lowest BCUT2D eigenvalue weighted by atomic mass is 9.97. The van der Waals surface area contributed by atoms with Crippen molar-refractivity contribution >= 4 is 21.4 Å². The van der Waals surface area contributed by atoms with Crippen molar-refractivity contribution in [2.45, 2.75) is 19.0 Å². The highest BCUT2D eigenvalue weighted by atomic mass is 32.2. The van der Waals surface area contributed by atoms with E-state index in [0.29, 0.717) is 6.54 Å². The van der Waals surface area contributed by atoms with Gasteiger partial charge in [0.25, 0.3) is 0 Å². The van der Waals surface area contributed by atoms with Gasteiger partial charge in [-0.15, -0.1) is 0 Å². The molecule has 0 aliphatic carbocycles. The summed E-state index contributed by atoms with van der Waals surface area (Å²) in [6, 6.07) is 10.7. The largest absolute Gasteiger partial charge is 0.290 e. The van der Waals surface area contributed by atoms with E-state index in [0.717, 1.165) is 19.5 Å². The second-order valence-corrected chi connectivity index (χ2v) is 8.30. The summed E-state index contributed by atoms with van der Waals surface area (Å²) in [5.41, 5.74) is 3.92. The zero-order chi connectivity index (χ0) is 15.6. The predicted molar refractivity (Wildman–Crippen MR) is 90.5 cm³/mol. The van der Waals surface area contributed by atoms with Gasteiger partial charge in [-0.25, -0.2) is 13.1 Å². The molecule has 1 aliphatic heterocycles. The number of nitrogens with one attached hydrogen (secondary N) is 1. The minimum Gasteiger partial charge on any atom is -0.290 e. The molecule has 0 radical (unpaired) electrons.